The fourth-order valence-electron chi connectivity index (χ4n) is 4.18. The number of rotatable bonds is 16. The summed E-state index contributed by atoms with van der Waals surface area (Å²) in [6, 6.07) is 16.4. The predicted octanol–water partition coefficient (Wildman–Crippen LogP) is 4.36. The van der Waals surface area contributed by atoms with E-state index in [1.807, 2.05) is 36.4 Å². The molecular weight excluding hydrogens is 502 g/mol. The van der Waals surface area contributed by atoms with Crippen molar-refractivity contribution in [2.45, 2.75) is 38.1 Å². The number of anilines is 2. The second-order valence-electron chi connectivity index (χ2n) is 9.31. The minimum Gasteiger partial charge on any atom is -0.359 e. The van der Waals surface area contributed by atoms with Gasteiger partial charge in [-0.2, -0.15) is 0 Å². The van der Waals surface area contributed by atoms with Crippen LogP contribution in [0.5, 0.6) is 0 Å². The van der Waals surface area contributed by atoms with Gasteiger partial charge in [-0.25, -0.2) is 14.6 Å². The van der Waals surface area contributed by atoms with Crippen LogP contribution < -0.4 is 26.4 Å². The number of carbonyl (C=O) groups is 2. The number of amides is 2. The zero-order valence-corrected chi connectivity index (χ0v) is 21.9. The molecule has 39 heavy (non-hydrogen) atoms. The van der Waals surface area contributed by atoms with Crippen molar-refractivity contribution >= 4 is 29.9 Å². The van der Waals surface area contributed by atoms with Gasteiger partial charge in [-0.05, 0) is 69.0 Å². The molecule has 206 valence electrons. The number of nitrogens with one attached hydrogen (secondary N) is 2. The molecule has 3 rings (SSSR count). The highest BCUT2D eigenvalue weighted by Crippen LogP contribution is 2.26. The van der Waals surface area contributed by atoms with Crippen LogP contribution in [-0.4, -0.2) is 36.6 Å². The predicted molar refractivity (Wildman–Crippen MR) is 149 cm³/mol. The normalized spacial score (nSPS) is 12.9. The number of aromatic nitrogens is 1. The van der Waals surface area contributed by atoms with E-state index in [0.717, 1.165) is 42.6 Å². The first-order valence-corrected chi connectivity index (χ1v) is 12.7. The number of carbonyl (C=O) groups excluding carboxylic acids is 2. The molecule has 4 N–H and O–H groups in total. The van der Waals surface area contributed by atoms with E-state index < -0.39 is 11.6 Å². The fourth-order valence-corrected chi connectivity index (χ4v) is 4.18. The molecule has 1 heterocycles. The van der Waals surface area contributed by atoms with E-state index in [1.165, 1.54) is 11.1 Å². The summed E-state index contributed by atoms with van der Waals surface area (Å²) < 4.78 is 27.4. The first kappa shape index (κ1) is 29.4. The minimum absolute atomic E-state index is 0.302. The molecule has 0 spiro atoms. The Hall–Kier alpha value is -4.15. The highest BCUT2D eigenvalue weighted by Gasteiger charge is 2.24. The van der Waals surface area contributed by atoms with Gasteiger partial charge in [0.1, 0.15) is 0 Å². The fraction of sp³-hybridized carbons (Fsp3) is 0.276. The molecule has 1 unspecified atom stereocenters. The average Bonchev–Trinajstić information content (AvgIpc) is 2.96. The zero-order chi connectivity index (χ0) is 28.1. The number of nitrogens with two attached hydrogens (primary N) is 1. The number of halogens is 2. The monoisotopic (exact) mass is 536 g/mol. The van der Waals surface area contributed by atoms with Gasteiger partial charge in [0, 0.05) is 41.8 Å². The zero-order valence-electron chi connectivity index (χ0n) is 21.9. The topological polar surface area (TPSA) is 104 Å². The average molecular weight is 537 g/mol. The Kier molecular flexibility index (Phi) is 11.1. The van der Waals surface area contributed by atoms with Crippen LogP contribution in [0, 0.1) is 11.6 Å². The molecule has 1 aromatic heterocycles. The highest BCUT2D eigenvalue weighted by molar-refractivity contribution is 5.78. The number of hydrazine groups is 1. The molecule has 0 aliphatic heterocycles. The highest BCUT2D eigenvalue weighted by atomic mass is 19.2. The van der Waals surface area contributed by atoms with Gasteiger partial charge in [-0.15, -0.1) is 0 Å². The van der Waals surface area contributed by atoms with E-state index in [2.05, 4.69) is 22.5 Å². The summed E-state index contributed by atoms with van der Waals surface area (Å²) in [7, 11) is 0. The lowest BCUT2D eigenvalue weighted by Crippen LogP contribution is -2.49. The van der Waals surface area contributed by atoms with Crippen molar-refractivity contribution in [2.24, 2.45) is 5.84 Å². The third-order valence-electron chi connectivity index (χ3n) is 6.48. The molecular formula is C29H34F2N6O2. The summed E-state index contributed by atoms with van der Waals surface area (Å²) in [4.78, 5) is 28.2. The lowest BCUT2D eigenvalue weighted by atomic mass is 9.91. The van der Waals surface area contributed by atoms with Crippen molar-refractivity contribution in [3.8, 4) is 0 Å². The molecule has 10 heteroatoms. The first-order chi connectivity index (χ1) is 18.9. The number of pyridine rings is 1. The van der Waals surface area contributed by atoms with E-state index in [4.69, 9.17) is 5.84 Å². The standard InChI is InChI=1S/C29H34F2N6O2/c1-29(15-18-34-21-38,35-20-36(22-39)24-7-3-2-4-8-24)14-6-5-9-28(23-12-16-33-17-13-23)37(32)25-10-11-26(30)27(31)19-25/h2-4,7-13,16-17,19,21-22,35H,5-6,14-15,18,20,32H2,1H3,(H,34,38)/b28-9-. The van der Waals surface area contributed by atoms with Gasteiger partial charge in [0.05, 0.1) is 18.1 Å². The summed E-state index contributed by atoms with van der Waals surface area (Å²) in [5, 5.41) is 7.51. The van der Waals surface area contributed by atoms with E-state index in [-0.39, 0.29) is 5.54 Å². The molecule has 2 amide bonds. The van der Waals surface area contributed by atoms with E-state index in [9.17, 15) is 18.4 Å². The van der Waals surface area contributed by atoms with Crippen molar-refractivity contribution in [1.82, 2.24) is 15.6 Å². The summed E-state index contributed by atoms with van der Waals surface area (Å²) >= 11 is 0. The third kappa shape index (κ3) is 8.69. The van der Waals surface area contributed by atoms with Crippen molar-refractivity contribution in [3.05, 3.63) is 96.3 Å². The summed E-state index contributed by atoms with van der Waals surface area (Å²) in [6.45, 7) is 2.83. The Morgan fingerprint density at radius 2 is 1.74 bits per heavy atom. The largest absolute Gasteiger partial charge is 0.359 e. The SMILES string of the molecule is CC(CCC/C=C(/c1ccncc1)N(N)c1ccc(F)c(F)c1)(CCNC=O)NCN(C=O)c1ccccc1. The van der Waals surface area contributed by atoms with E-state index in [1.54, 1.807) is 29.4 Å². The van der Waals surface area contributed by atoms with E-state index in [0.29, 0.717) is 43.8 Å². The van der Waals surface area contributed by atoms with Gasteiger partial charge in [-0.1, -0.05) is 24.3 Å². The van der Waals surface area contributed by atoms with Crippen LogP contribution in [0.25, 0.3) is 5.70 Å². The molecule has 0 saturated carbocycles. The third-order valence-corrected chi connectivity index (χ3v) is 6.48. The number of benzene rings is 2. The molecule has 0 radical (unpaired) electrons. The molecule has 0 saturated heterocycles. The van der Waals surface area contributed by atoms with Gasteiger partial charge in [-0.3, -0.25) is 24.9 Å². The molecule has 0 aliphatic rings. The molecule has 0 fully saturated rings. The van der Waals surface area contributed by atoms with Crippen LogP contribution >= 0.6 is 0 Å². The second kappa shape index (κ2) is 14.7. The van der Waals surface area contributed by atoms with Crippen molar-refractivity contribution in [3.63, 3.8) is 0 Å². The molecule has 2 aromatic carbocycles. The number of unbranched alkanes of at least 4 members (excludes halogenated alkanes) is 1. The van der Waals surface area contributed by atoms with Crippen molar-refractivity contribution < 1.29 is 18.4 Å². The van der Waals surface area contributed by atoms with Gasteiger partial charge in [0.25, 0.3) is 0 Å². The first-order valence-electron chi connectivity index (χ1n) is 12.7. The van der Waals surface area contributed by atoms with Gasteiger partial charge in [0.2, 0.25) is 12.8 Å². The Morgan fingerprint density at radius 3 is 2.41 bits per heavy atom. The van der Waals surface area contributed by atoms with Crippen LogP contribution in [0.15, 0.2) is 79.1 Å². The smallest absolute Gasteiger partial charge is 0.215 e. The number of hydrogen-bond acceptors (Lipinski definition) is 6. The Morgan fingerprint density at radius 1 is 1.00 bits per heavy atom. The molecule has 0 bridgehead atoms. The van der Waals surface area contributed by atoms with Crippen molar-refractivity contribution in [1.29, 1.82) is 0 Å². The van der Waals surface area contributed by atoms with Crippen molar-refractivity contribution in [2.75, 3.05) is 23.1 Å². The van der Waals surface area contributed by atoms with Crippen LogP contribution in [0.2, 0.25) is 0 Å². The maximum Gasteiger partial charge on any atom is 0.215 e. The lowest BCUT2D eigenvalue weighted by Gasteiger charge is -2.33. The van der Waals surface area contributed by atoms with Crippen LogP contribution in [0.3, 0.4) is 0 Å². The summed E-state index contributed by atoms with van der Waals surface area (Å²) in [5.74, 6) is 4.42. The summed E-state index contributed by atoms with van der Waals surface area (Å²) in [5.41, 5.74) is 2.09. The number of allylic oxidation sites excluding steroid dienone is 1. The number of para-hydroxylation sites is 1. The molecule has 0 aliphatic carbocycles. The Bertz CT molecular complexity index is 1230. The van der Waals surface area contributed by atoms with Gasteiger partial charge < -0.3 is 10.2 Å². The quantitative estimate of drug-likeness (QED) is 0.0827. The molecule has 1 atom stereocenters. The lowest BCUT2D eigenvalue weighted by molar-refractivity contribution is -0.109. The molecule has 8 nitrogen and oxygen atoms in total. The van der Waals surface area contributed by atoms with Gasteiger partial charge in [0.15, 0.2) is 11.6 Å². The second-order valence-corrected chi connectivity index (χ2v) is 9.31. The minimum atomic E-state index is -0.984. The van der Waals surface area contributed by atoms with Gasteiger partial charge >= 0.3 is 0 Å². The maximum atomic E-state index is 13.9. The number of hydrogen-bond donors (Lipinski definition) is 3. The molecule has 3 aromatic rings. The Labute approximate surface area is 227 Å². The Balaban J connectivity index is 1.72. The number of nitrogens with zero attached hydrogens (tertiary/aromatic N) is 3. The van der Waals surface area contributed by atoms with Crippen LogP contribution in [0.1, 0.15) is 38.2 Å². The summed E-state index contributed by atoms with van der Waals surface area (Å²) in [6.07, 6.45) is 9.41. The van der Waals surface area contributed by atoms with E-state index >= 15 is 0 Å². The van der Waals surface area contributed by atoms with Crippen LogP contribution in [-0.2, 0) is 9.59 Å². The van der Waals surface area contributed by atoms with Crippen LogP contribution in [0.4, 0.5) is 20.2 Å². The maximum absolute atomic E-state index is 13.9.